The molecule has 1 aliphatic rings. The summed E-state index contributed by atoms with van der Waals surface area (Å²) in [6.45, 7) is 4.80. The Hall–Kier alpha value is -2.54. The minimum Gasteiger partial charge on any atom is -0.320 e. The van der Waals surface area contributed by atoms with E-state index in [9.17, 15) is 14.4 Å². The predicted molar refractivity (Wildman–Crippen MR) is 130 cm³/mol. The van der Waals surface area contributed by atoms with Crippen molar-refractivity contribution in [3.05, 3.63) is 70.7 Å². The van der Waals surface area contributed by atoms with Gasteiger partial charge in [0.1, 0.15) is 0 Å². The molecule has 2 aromatic rings. The highest BCUT2D eigenvalue weighted by Crippen LogP contribution is 2.23. The molecule has 1 saturated heterocycles. The number of hydrogen-bond donors (Lipinski definition) is 1. The number of amides is 2. The molecule has 1 fully saturated rings. The number of carbonyl (C=O) groups is 3. The van der Waals surface area contributed by atoms with Crippen LogP contribution >= 0.6 is 11.6 Å². The van der Waals surface area contributed by atoms with Crippen LogP contribution in [0, 0.1) is 5.92 Å². The molecule has 2 amide bonds. The summed E-state index contributed by atoms with van der Waals surface area (Å²) in [4.78, 5) is 43.0. The molecule has 0 spiro atoms. The summed E-state index contributed by atoms with van der Waals surface area (Å²) in [6, 6.07) is 14.9. The number of Topliss-reactive ketones (excluding diaryl/α,β-unsaturated/α-hetero) is 1. The number of ketones is 1. The van der Waals surface area contributed by atoms with E-state index in [-0.39, 0.29) is 36.6 Å². The fourth-order valence-corrected chi connectivity index (χ4v) is 4.22. The van der Waals surface area contributed by atoms with E-state index in [1.54, 1.807) is 24.3 Å². The summed E-state index contributed by atoms with van der Waals surface area (Å²) < 4.78 is 0. The smallest absolute Gasteiger partial charge is 0.246 e. The van der Waals surface area contributed by atoms with E-state index < -0.39 is 12.1 Å². The summed E-state index contributed by atoms with van der Waals surface area (Å²) >= 11 is 5.93. The van der Waals surface area contributed by atoms with Crippen molar-refractivity contribution < 1.29 is 14.4 Å². The van der Waals surface area contributed by atoms with E-state index in [1.165, 1.54) is 4.90 Å². The summed E-state index contributed by atoms with van der Waals surface area (Å²) in [5.41, 5.74) is 7.65. The molecule has 2 N–H and O–H groups in total. The topological polar surface area (TPSA) is 83.7 Å². The molecule has 6 nitrogen and oxygen atoms in total. The van der Waals surface area contributed by atoms with Crippen LogP contribution in [0.15, 0.2) is 54.6 Å². The lowest BCUT2D eigenvalue weighted by atomic mass is 9.98. The third-order valence-corrected chi connectivity index (χ3v) is 6.67. The minimum absolute atomic E-state index is 0.0465. The highest BCUT2D eigenvalue weighted by Gasteiger charge is 2.38. The Morgan fingerprint density at radius 3 is 2.42 bits per heavy atom. The van der Waals surface area contributed by atoms with Crippen LogP contribution in [-0.4, -0.2) is 52.6 Å². The second-order valence-electron chi connectivity index (χ2n) is 8.72. The maximum atomic E-state index is 13.7. The molecule has 0 aromatic heterocycles. The zero-order valence-electron chi connectivity index (χ0n) is 19.2. The molecular weight excluding hydrogens is 438 g/mol. The van der Waals surface area contributed by atoms with Gasteiger partial charge in [0.2, 0.25) is 11.8 Å². The molecule has 3 atom stereocenters. The van der Waals surface area contributed by atoms with Gasteiger partial charge >= 0.3 is 0 Å². The van der Waals surface area contributed by atoms with Gasteiger partial charge in [-0.1, -0.05) is 62.2 Å². The second kappa shape index (κ2) is 11.5. The Morgan fingerprint density at radius 2 is 1.79 bits per heavy atom. The Morgan fingerprint density at radius 1 is 1.12 bits per heavy atom. The molecule has 1 heterocycles. The van der Waals surface area contributed by atoms with Gasteiger partial charge < -0.3 is 5.73 Å². The van der Waals surface area contributed by atoms with Crippen LogP contribution < -0.4 is 5.73 Å². The van der Waals surface area contributed by atoms with Gasteiger partial charge in [-0.25, -0.2) is 0 Å². The Bertz CT molecular complexity index is 965. The standard InChI is InChI=1S/C26H32ClN3O3/c1-3-18(2)24(28)26(33)30(16-19-8-5-4-6-9-19)25(32)22-10-7-15-29(22)17-23(31)20-11-13-21(27)14-12-20/h4-6,8-9,11-14,18,22,24H,3,7,10,15-17,28H2,1-2H3/t18-,22-,24-/m0/s1. The summed E-state index contributed by atoms with van der Waals surface area (Å²) in [6.07, 6.45) is 2.13. The van der Waals surface area contributed by atoms with E-state index in [1.807, 2.05) is 49.1 Å². The lowest BCUT2D eigenvalue weighted by molar-refractivity contribution is -0.149. The number of rotatable bonds is 9. The van der Waals surface area contributed by atoms with Crippen LogP contribution in [0.25, 0.3) is 0 Å². The normalized spacial score (nSPS) is 18.0. The molecule has 1 aliphatic heterocycles. The van der Waals surface area contributed by atoms with E-state index in [0.29, 0.717) is 23.6 Å². The van der Waals surface area contributed by atoms with Crippen LogP contribution in [0.4, 0.5) is 0 Å². The van der Waals surface area contributed by atoms with E-state index in [0.717, 1.165) is 18.4 Å². The first-order valence-electron chi connectivity index (χ1n) is 11.5. The zero-order valence-corrected chi connectivity index (χ0v) is 20.0. The lowest BCUT2D eigenvalue weighted by Gasteiger charge is -2.31. The molecule has 0 unspecified atom stereocenters. The lowest BCUT2D eigenvalue weighted by Crippen LogP contribution is -2.54. The van der Waals surface area contributed by atoms with Gasteiger partial charge in [-0.2, -0.15) is 0 Å². The number of imide groups is 1. The maximum Gasteiger partial charge on any atom is 0.246 e. The van der Waals surface area contributed by atoms with Gasteiger partial charge in [0, 0.05) is 10.6 Å². The van der Waals surface area contributed by atoms with E-state index in [2.05, 4.69) is 0 Å². The average Bonchev–Trinajstić information content (AvgIpc) is 3.29. The van der Waals surface area contributed by atoms with Crippen LogP contribution in [-0.2, 0) is 16.1 Å². The molecule has 0 bridgehead atoms. The molecule has 0 radical (unpaired) electrons. The van der Waals surface area contributed by atoms with Crippen molar-refractivity contribution in [2.45, 2.75) is 51.7 Å². The van der Waals surface area contributed by atoms with Crippen molar-refractivity contribution >= 4 is 29.2 Å². The number of nitrogens with two attached hydrogens (primary N) is 1. The number of halogens is 1. The number of likely N-dealkylation sites (tertiary alicyclic amines) is 1. The molecule has 176 valence electrons. The third-order valence-electron chi connectivity index (χ3n) is 6.42. The average molecular weight is 470 g/mol. The Kier molecular flexibility index (Phi) is 8.78. The summed E-state index contributed by atoms with van der Waals surface area (Å²) in [5.74, 6) is -0.781. The SMILES string of the molecule is CC[C@H](C)[C@H](N)C(=O)N(Cc1ccccc1)C(=O)[C@@H]1CCCN1CC(=O)c1ccc(Cl)cc1. The Labute approximate surface area is 200 Å². The number of nitrogens with zero attached hydrogens (tertiary/aromatic N) is 2. The maximum absolute atomic E-state index is 13.7. The second-order valence-corrected chi connectivity index (χ2v) is 9.15. The monoisotopic (exact) mass is 469 g/mol. The largest absolute Gasteiger partial charge is 0.320 e. The molecule has 0 saturated carbocycles. The first-order valence-corrected chi connectivity index (χ1v) is 11.9. The number of benzene rings is 2. The predicted octanol–water partition coefficient (Wildman–Crippen LogP) is 3.92. The number of hydrogen-bond acceptors (Lipinski definition) is 5. The number of carbonyl (C=O) groups excluding carboxylic acids is 3. The van der Waals surface area contributed by atoms with Crippen molar-refractivity contribution in [3.8, 4) is 0 Å². The quantitative estimate of drug-likeness (QED) is 0.563. The van der Waals surface area contributed by atoms with Gasteiger partial charge in [0.25, 0.3) is 0 Å². The molecule has 3 rings (SSSR count). The van der Waals surface area contributed by atoms with Gasteiger partial charge in [-0.15, -0.1) is 0 Å². The molecular formula is C26H32ClN3O3. The van der Waals surface area contributed by atoms with Crippen molar-refractivity contribution in [3.63, 3.8) is 0 Å². The molecule has 0 aliphatic carbocycles. The zero-order chi connectivity index (χ0) is 24.0. The van der Waals surface area contributed by atoms with Gasteiger partial charge in [0.15, 0.2) is 5.78 Å². The highest BCUT2D eigenvalue weighted by atomic mass is 35.5. The summed E-state index contributed by atoms with van der Waals surface area (Å²) in [5, 5.41) is 0.563. The van der Waals surface area contributed by atoms with Crippen LogP contribution in [0.1, 0.15) is 49.0 Å². The highest BCUT2D eigenvalue weighted by molar-refractivity contribution is 6.30. The van der Waals surface area contributed by atoms with Crippen LogP contribution in [0.2, 0.25) is 5.02 Å². The molecule has 2 aromatic carbocycles. The first kappa shape index (κ1) is 25.1. The van der Waals surface area contributed by atoms with Gasteiger partial charge in [-0.3, -0.25) is 24.2 Å². The molecule has 7 heteroatoms. The molecule has 33 heavy (non-hydrogen) atoms. The fourth-order valence-electron chi connectivity index (χ4n) is 4.09. The van der Waals surface area contributed by atoms with E-state index >= 15 is 0 Å². The van der Waals surface area contributed by atoms with Gasteiger partial charge in [0.05, 0.1) is 25.2 Å². The third kappa shape index (κ3) is 6.28. The van der Waals surface area contributed by atoms with E-state index in [4.69, 9.17) is 17.3 Å². The fraction of sp³-hybridized carbons (Fsp3) is 0.423. The van der Waals surface area contributed by atoms with Crippen molar-refractivity contribution in [1.82, 2.24) is 9.80 Å². The first-order chi connectivity index (χ1) is 15.8. The van der Waals surface area contributed by atoms with Crippen molar-refractivity contribution in [2.75, 3.05) is 13.1 Å². The van der Waals surface area contributed by atoms with Crippen LogP contribution in [0.3, 0.4) is 0 Å². The summed E-state index contributed by atoms with van der Waals surface area (Å²) in [7, 11) is 0. The van der Waals surface area contributed by atoms with Gasteiger partial charge in [-0.05, 0) is 55.1 Å². The minimum atomic E-state index is -0.756. The van der Waals surface area contributed by atoms with Crippen molar-refractivity contribution in [2.24, 2.45) is 11.7 Å². The Balaban J connectivity index is 1.80. The van der Waals surface area contributed by atoms with Crippen LogP contribution in [0.5, 0.6) is 0 Å². The van der Waals surface area contributed by atoms with Crippen molar-refractivity contribution in [1.29, 1.82) is 0 Å².